The molecular formula is C15H21N3OS. The molecule has 0 amide bonds. The number of likely N-dealkylation sites (tertiary alicyclic amines) is 1. The minimum atomic E-state index is 0.213. The van der Waals surface area contributed by atoms with Gasteiger partial charge in [0.25, 0.3) is 5.89 Å². The Morgan fingerprint density at radius 2 is 2.40 bits per heavy atom. The van der Waals surface area contributed by atoms with Crippen molar-refractivity contribution in [3.8, 4) is 10.8 Å². The van der Waals surface area contributed by atoms with Crippen LogP contribution < -0.4 is 0 Å². The molecule has 0 aromatic carbocycles. The summed E-state index contributed by atoms with van der Waals surface area (Å²) in [5.41, 5.74) is 0. The first-order chi connectivity index (χ1) is 9.78. The third kappa shape index (κ3) is 2.79. The molecule has 0 spiro atoms. The Bertz CT molecular complexity index is 537. The van der Waals surface area contributed by atoms with Gasteiger partial charge in [0.1, 0.15) is 0 Å². The van der Waals surface area contributed by atoms with E-state index in [4.69, 9.17) is 4.42 Å². The summed E-state index contributed by atoms with van der Waals surface area (Å²) in [6.07, 6.45) is 3.88. The zero-order valence-corrected chi connectivity index (χ0v) is 12.9. The summed E-state index contributed by atoms with van der Waals surface area (Å²) < 4.78 is 5.86. The number of thiophene rings is 1. The Labute approximate surface area is 123 Å². The maximum Gasteiger partial charge on any atom is 0.257 e. The lowest BCUT2D eigenvalue weighted by molar-refractivity contribution is 0.114. The second-order valence-electron chi connectivity index (χ2n) is 5.51. The summed E-state index contributed by atoms with van der Waals surface area (Å²) in [5, 5.41) is 10.5. The highest BCUT2D eigenvalue weighted by Crippen LogP contribution is 2.30. The number of aromatic nitrogens is 2. The van der Waals surface area contributed by atoms with Crippen LogP contribution in [0.15, 0.2) is 21.9 Å². The number of hydrogen-bond acceptors (Lipinski definition) is 5. The van der Waals surface area contributed by atoms with Gasteiger partial charge in [0.2, 0.25) is 5.89 Å². The van der Waals surface area contributed by atoms with Crippen molar-refractivity contribution in [2.24, 2.45) is 5.92 Å². The van der Waals surface area contributed by atoms with E-state index in [0.717, 1.165) is 29.8 Å². The van der Waals surface area contributed by atoms with Crippen LogP contribution in [0.1, 0.15) is 45.0 Å². The van der Waals surface area contributed by atoms with E-state index >= 15 is 0 Å². The molecule has 108 valence electrons. The summed E-state index contributed by atoms with van der Waals surface area (Å²) in [6.45, 7) is 6.73. The maximum atomic E-state index is 5.86. The van der Waals surface area contributed by atoms with Gasteiger partial charge in [0.15, 0.2) is 0 Å². The van der Waals surface area contributed by atoms with Crippen molar-refractivity contribution in [1.29, 1.82) is 0 Å². The Kier molecular flexibility index (Phi) is 4.17. The van der Waals surface area contributed by atoms with Gasteiger partial charge in [-0.3, -0.25) is 4.90 Å². The fourth-order valence-corrected chi connectivity index (χ4v) is 3.49. The first-order valence-corrected chi connectivity index (χ1v) is 8.27. The molecule has 0 unspecified atom stereocenters. The van der Waals surface area contributed by atoms with Crippen LogP contribution in [0.5, 0.6) is 0 Å². The second-order valence-corrected chi connectivity index (χ2v) is 6.46. The largest absolute Gasteiger partial charge is 0.418 e. The predicted molar refractivity (Wildman–Crippen MR) is 80.6 cm³/mol. The van der Waals surface area contributed by atoms with Crippen molar-refractivity contribution >= 4 is 11.3 Å². The Morgan fingerprint density at radius 1 is 1.50 bits per heavy atom. The van der Waals surface area contributed by atoms with Crippen LogP contribution in [0, 0.1) is 5.92 Å². The molecule has 2 atom stereocenters. The summed E-state index contributed by atoms with van der Waals surface area (Å²) in [7, 11) is 0. The highest BCUT2D eigenvalue weighted by molar-refractivity contribution is 7.13. The quantitative estimate of drug-likeness (QED) is 0.854. The van der Waals surface area contributed by atoms with E-state index in [9.17, 15) is 0 Å². The smallest absolute Gasteiger partial charge is 0.257 e. The van der Waals surface area contributed by atoms with Crippen molar-refractivity contribution in [3.63, 3.8) is 0 Å². The lowest BCUT2D eigenvalue weighted by Gasteiger charge is -2.34. The standard InChI is InChI=1S/C15H21N3OS/c1-3-12-6-4-8-18(10-12)11(2)14-16-17-15(19-14)13-7-5-9-20-13/h5,7,9,11-12H,3-4,6,8,10H2,1-2H3/t11-,12-/m0/s1. The van der Waals surface area contributed by atoms with E-state index in [0.29, 0.717) is 5.89 Å². The van der Waals surface area contributed by atoms with Crippen molar-refractivity contribution in [2.75, 3.05) is 13.1 Å². The molecule has 0 saturated carbocycles. The van der Waals surface area contributed by atoms with Crippen LogP contribution in [0.25, 0.3) is 10.8 Å². The molecule has 2 aromatic heterocycles. The Hall–Kier alpha value is -1.20. The van der Waals surface area contributed by atoms with Gasteiger partial charge in [-0.25, -0.2) is 0 Å². The third-order valence-electron chi connectivity index (χ3n) is 4.21. The average Bonchev–Trinajstić information content (AvgIpc) is 3.17. The molecule has 2 aromatic rings. The van der Waals surface area contributed by atoms with Crippen LogP contribution >= 0.6 is 11.3 Å². The van der Waals surface area contributed by atoms with Crippen molar-refractivity contribution in [2.45, 2.75) is 39.2 Å². The van der Waals surface area contributed by atoms with Gasteiger partial charge in [0.05, 0.1) is 10.9 Å². The molecule has 1 fully saturated rings. The molecule has 1 aliphatic heterocycles. The van der Waals surface area contributed by atoms with Crippen LogP contribution in [0.3, 0.4) is 0 Å². The van der Waals surface area contributed by atoms with Gasteiger partial charge < -0.3 is 4.42 Å². The SMILES string of the molecule is CC[C@H]1CCCN([C@@H](C)c2nnc(-c3cccs3)o2)C1. The lowest BCUT2D eigenvalue weighted by atomic mass is 9.95. The molecular weight excluding hydrogens is 270 g/mol. The van der Waals surface area contributed by atoms with Crippen molar-refractivity contribution in [1.82, 2.24) is 15.1 Å². The molecule has 1 saturated heterocycles. The molecule has 0 N–H and O–H groups in total. The third-order valence-corrected chi connectivity index (χ3v) is 5.06. The normalized spacial score (nSPS) is 22.0. The van der Waals surface area contributed by atoms with Gasteiger partial charge in [0, 0.05) is 6.54 Å². The molecule has 5 heteroatoms. The van der Waals surface area contributed by atoms with Crippen LogP contribution in [-0.4, -0.2) is 28.2 Å². The zero-order chi connectivity index (χ0) is 13.9. The van der Waals surface area contributed by atoms with E-state index in [-0.39, 0.29) is 6.04 Å². The first kappa shape index (κ1) is 13.8. The second kappa shape index (κ2) is 6.06. The number of hydrogen-bond donors (Lipinski definition) is 0. The molecule has 0 bridgehead atoms. The van der Waals surface area contributed by atoms with E-state index in [1.165, 1.54) is 19.3 Å². The molecule has 1 aliphatic rings. The Balaban J connectivity index is 1.72. The van der Waals surface area contributed by atoms with Gasteiger partial charge in [-0.1, -0.05) is 19.4 Å². The highest BCUT2D eigenvalue weighted by atomic mass is 32.1. The number of piperidine rings is 1. The minimum absolute atomic E-state index is 0.213. The van der Waals surface area contributed by atoms with Gasteiger partial charge in [-0.05, 0) is 43.7 Å². The molecule has 20 heavy (non-hydrogen) atoms. The predicted octanol–water partition coefficient (Wildman–Crippen LogP) is 3.98. The fourth-order valence-electron chi connectivity index (χ4n) is 2.84. The first-order valence-electron chi connectivity index (χ1n) is 7.39. The fraction of sp³-hybridized carbons (Fsp3) is 0.600. The highest BCUT2D eigenvalue weighted by Gasteiger charge is 2.26. The maximum absolute atomic E-state index is 5.86. The summed E-state index contributed by atoms with van der Waals surface area (Å²) in [6, 6.07) is 4.23. The molecule has 3 heterocycles. The molecule has 4 nitrogen and oxygen atoms in total. The minimum Gasteiger partial charge on any atom is -0.418 e. The van der Waals surface area contributed by atoms with E-state index in [1.807, 2.05) is 17.5 Å². The number of rotatable bonds is 4. The number of nitrogens with zero attached hydrogens (tertiary/aromatic N) is 3. The van der Waals surface area contributed by atoms with Crippen molar-refractivity contribution in [3.05, 3.63) is 23.4 Å². The van der Waals surface area contributed by atoms with Crippen LogP contribution in [0.4, 0.5) is 0 Å². The molecule has 3 rings (SSSR count). The molecule has 0 radical (unpaired) electrons. The zero-order valence-electron chi connectivity index (χ0n) is 12.1. The van der Waals surface area contributed by atoms with Gasteiger partial charge >= 0.3 is 0 Å². The van der Waals surface area contributed by atoms with Crippen LogP contribution in [0.2, 0.25) is 0 Å². The van der Waals surface area contributed by atoms with E-state index in [1.54, 1.807) is 11.3 Å². The van der Waals surface area contributed by atoms with Gasteiger partial charge in [-0.2, -0.15) is 0 Å². The van der Waals surface area contributed by atoms with E-state index in [2.05, 4.69) is 28.9 Å². The summed E-state index contributed by atoms with van der Waals surface area (Å²) in [5.74, 6) is 2.20. The van der Waals surface area contributed by atoms with E-state index < -0.39 is 0 Å². The monoisotopic (exact) mass is 291 g/mol. The van der Waals surface area contributed by atoms with Crippen molar-refractivity contribution < 1.29 is 4.42 Å². The topological polar surface area (TPSA) is 42.2 Å². The Morgan fingerprint density at radius 3 is 3.15 bits per heavy atom. The average molecular weight is 291 g/mol. The molecule has 0 aliphatic carbocycles. The lowest BCUT2D eigenvalue weighted by Crippen LogP contribution is -2.37. The van der Waals surface area contributed by atoms with Gasteiger partial charge in [-0.15, -0.1) is 21.5 Å². The summed E-state index contributed by atoms with van der Waals surface area (Å²) >= 11 is 1.63. The summed E-state index contributed by atoms with van der Waals surface area (Å²) in [4.78, 5) is 3.52. The van der Waals surface area contributed by atoms with Crippen LogP contribution in [-0.2, 0) is 0 Å².